The second-order valence-corrected chi connectivity index (χ2v) is 3.46. The Labute approximate surface area is 98.9 Å². The van der Waals surface area contributed by atoms with Gasteiger partial charge in [0.25, 0.3) is 5.91 Å². The van der Waals surface area contributed by atoms with E-state index in [0.717, 1.165) is 0 Å². The van der Waals surface area contributed by atoms with Crippen molar-refractivity contribution in [2.24, 2.45) is 11.5 Å². The summed E-state index contributed by atoms with van der Waals surface area (Å²) >= 11 is 0. The summed E-state index contributed by atoms with van der Waals surface area (Å²) in [5, 5.41) is 2.53. The molecule has 92 valence electrons. The van der Waals surface area contributed by atoms with E-state index in [1.807, 2.05) is 0 Å². The van der Waals surface area contributed by atoms with E-state index in [4.69, 9.17) is 16.2 Å². The molecule has 5 N–H and O–H groups in total. The van der Waals surface area contributed by atoms with Crippen molar-refractivity contribution < 1.29 is 14.3 Å². The molecule has 0 spiro atoms. The predicted molar refractivity (Wildman–Crippen MR) is 63.4 cm³/mol. The number of hydrogen-bond acceptors (Lipinski definition) is 4. The lowest BCUT2D eigenvalue weighted by molar-refractivity contribution is -0.118. The summed E-state index contributed by atoms with van der Waals surface area (Å²) in [6, 6.07) is 5.66. The lowest BCUT2D eigenvalue weighted by Gasteiger charge is -2.12. The van der Waals surface area contributed by atoms with Crippen LogP contribution in [0.2, 0.25) is 0 Å². The van der Waals surface area contributed by atoms with Crippen molar-refractivity contribution in [1.29, 1.82) is 0 Å². The molecular weight excluding hydrogens is 222 g/mol. The van der Waals surface area contributed by atoms with E-state index in [9.17, 15) is 9.59 Å². The summed E-state index contributed by atoms with van der Waals surface area (Å²) in [7, 11) is 1.45. The van der Waals surface area contributed by atoms with Crippen LogP contribution in [0.25, 0.3) is 0 Å². The zero-order valence-electron chi connectivity index (χ0n) is 9.47. The molecule has 0 aliphatic heterocycles. The third-order valence-electron chi connectivity index (χ3n) is 2.13. The van der Waals surface area contributed by atoms with Crippen molar-refractivity contribution in [2.45, 2.75) is 6.04 Å². The monoisotopic (exact) mass is 237 g/mol. The number of carbonyl (C=O) groups excluding carboxylic acids is 2. The third-order valence-corrected chi connectivity index (χ3v) is 2.13. The number of hydrogen-bond donors (Lipinski definition) is 3. The van der Waals surface area contributed by atoms with Crippen molar-refractivity contribution in [3.8, 4) is 0 Å². The Morgan fingerprint density at radius 3 is 2.65 bits per heavy atom. The molecule has 0 saturated heterocycles. The molecule has 1 rings (SSSR count). The zero-order valence-corrected chi connectivity index (χ0v) is 9.47. The zero-order chi connectivity index (χ0) is 12.8. The van der Waals surface area contributed by atoms with Gasteiger partial charge in [-0.15, -0.1) is 0 Å². The van der Waals surface area contributed by atoms with Crippen molar-refractivity contribution in [1.82, 2.24) is 0 Å². The van der Waals surface area contributed by atoms with E-state index in [1.54, 1.807) is 18.2 Å². The maximum absolute atomic E-state index is 11.6. The van der Waals surface area contributed by atoms with E-state index in [0.29, 0.717) is 5.69 Å². The van der Waals surface area contributed by atoms with Crippen LogP contribution in [0.5, 0.6) is 0 Å². The van der Waals surface area contributed by atoms with Crippen LogP contribution in [0.4, 0.5) is 5.69 Å². The molecule has 0 radical (unpaired) electrons. The quantitative estimate of drug-likeness (QED) is 0.653. The molecule has 0 bridgehead atoms. The van der Waals surface area contributed by atoms with Gasteiger partial charge in [0.2, 0.25) is 5.91 Å². The number of methoxy groups -OCH3 is 1. The van der Waals surface area contributed by atoms with Gasteiger partial charge in [-0.3, -0.25) is 9.59 Å². The van der Waals surface area contributed by atoms with Crippen LogP contribution in [0.1, 0.15) is 10.4 Å². The van der Waals surface area contributed by atoms with Crippen molar-refractivity contribution >= 4 is 17.5 Å². The maximum Gasteiger partial charge on any atom is 0.250 e. The van der Waals surface area contributed by atoms with Crippen molar-refractivity contribution in [2.75, 3.05) is 19.0 Å². The lowest BCUT2D eigenvalue weighted by Crippen LogP contribution is -2.39. The summed E-state index contributed by atoms with van der Waals surface area (Å²) < 4.78 is 4.76. The van der Waals surface area contributed by atoms with Crippen molar-refractivity contribution in [3.05, 3.63) is 29.8 Å². The van der Waals surface area contributed by atoms with E-state index < -0.39 is 17.9 Å². The number of primary amides is 1. The molecule has 1 aromatic carbocycles. The Kier molecular flexibility index (Phi) is 4.62. The van der Waals surface area contributed by atoms with Gasteiger partial charge in [-0.1, -0.05) is 12.1 Å². The first kappa shape index (κ1) is 13.1. The largest absolute Gasteiger partial charge is 0.383 e. The molecule has 1 atom stereocenters. The van der Waals surface area contributed by atoms with Crippen LogP contribution < -0.4 is 16.8 Å². The number of anilines is 1. The molecule has 17 heavy (non-hydrogen) atoms. The minimum absolute atomic E-state index is 0.102. The number of carbonyl (C=O) groups is 2. The van der Waals surface area contributed by atoms with E-state index in [-0.39, 0.29) is 12.2 Å². The molecule has 0 aliphatic carbocycles. The normalized spacial score (nSPS) is 11.9. The topological polar surface area (TPSA) is 107 Å². The van der Waals surface area contributed by atoms with Crippen LogP contribution in [0, 0.1) is 0 Å². The van der Waals surface area contributed by atoms with Crippen LogP contribution in [-0.2, 0) is 9.53 Å². The number of rotatable bonds is 5. The number of benzene rings is 1. The number of nitrogens with two attached hydrogens (primary N) is 2. The minimum atomic E-state index is -0.791. The fourth-order valence-corrected chi connectivity index (χ4v) is 1.29. The summed E-state index contributed by atoms with van der Waals surface area (Å²) in [5.41, 5.74) is 11.3. The molecule has 0 fully saturated rings. The molecule has 0 aliphatic rings. The SMILES string of the molecule is COCC(N)C(=O)Nc1ccccc1C(N)=O. The van der Waals surface area contributed by atoms with Gasteiger partial charge >= 0.3 is 0 Å². The van der Waals surface area contributed by atoms with Gasteiger partial charge in [0, 0.05) is 7.11 Å². The average Bonchev–Trinajstić information content (AvgIpc) is 2.29. The number of nitrogens with one attached hydrogen (secondary N) is 1. The van der Waals surface area contributed by atoms with Crippen LogP contribution in [0.15, 0.2) is 24.3 Å². The first-order chi connectivity index (χ1) is 8.06. The van der Waals surface area contributed by atoms with Crippen LogP contribution in [0.3, 0.4) is 0 Å². The molecule has 0 aromatic heterocycles. The number of ether oxygens (including phenoxy) is 1. The highest BCUT2D eigenvalue weighted by atomic mass is 16.5. The summed E-state index contributed by atoms with van der Waals surface area (Å²) in [6.07, 6.45) is 0. The van der Waals surface area contributed by atoms with Crippen LogP contribution >= 0.6 is 0 Å². The Morgan fingerprint density at radius 2 is 2.06 bits per heavy atom. The van der Waals surface area contributed by atoms with Crippen LogP contribution in [-0.4, -0.2) is 31.6 Å². The highest BCUT2D eigenvalue weighted by molar-refractivity contribution is 6.04. The molecule has 0 heterocycles. The lowest BCUT2D eigenvalue weighted by atomic mass is 10.1. The summed E-state index contributed by atoms with van der Waals surface area (Å²) in [4.78, 5) is 22.7. The van der Waals surface area contributed by atoms with Gasteiger partial charge in [0.05, 0.1) is 17.9 Å². The molecular formula is C11H15N3O3. The molecule has 2 amide bonds. The minimum Gasteiger partial charge on any atom is -0.383 e. The third kappa shape index (κ3) is 3.54. The van der Waals surface area contributed by atoms with E-state index in [2.05, 4.69) is 5.32 Å². The van der Waals surface area contributed by atoms with Gasteiger partial charge in [-0.05, 0) is 12.1 Å². The van der Waals surface area contributed by atoms with Crippen molar-refractivity contribution in [3.63, 3.8) is 0 Å². The Morgan fingerprint density at radius 1 is 1.41 bits per heavy atom. The van der Waals surface area contributed by atoms with Gasteiger partial charge in [0.15, 0.2) is 0 Å². The fourth-order valence-electron chi connectivity index (χ4n) is 1.29. The fraction of sp³-hybridized carbons (Fsp3) is 0.273. The maximum atomic E-state index is 11.6. The van der Waals surface area contributed by atoms with Gasteiger partial charge in [0.1, 0.15) is 6.04 Å². The second-order valence-electron chi connectivity index (χ2n) is 3.46. The van der Waals surface area contributed by atoms with Gasteiger partial charge in [-0.25, -0.2) is 0 Å². The molecule has 1 unspecified atom stereocenters. The molecule has 6 heteroatoms. The highest BCUT2D eigenvalue weighted by Gasteiger charge is 2.15. The van der Waals surface area contributed by atoms with Gasteiger partial charge in [-0.2, -0.15) is 0 Å². The van der Waals surface area contributed by atoms with E-state index in [1.165, 1.54) is 13.2 Å². The van der Waals surface area contributed by atoms with E-state index >= 15 is 0 Å². The second kappa shape index (κ2) is 5.97. The first-order valence-electron chi connectivity index (χ1n) is 5.00. The van der Waals surface area contributed by atoms with Gasteiger partial charge < -0.3 is 21.5 Å². The Hall–Kier alpha value is -1.92. The Bertz CT molecular complexity index is 420. The average molecular weight is 237 g/mol. The number of amides is 2. The number of para-hydroxylation sites is 1. The standard InChI is InChI=1S/C11H15N3O3/c1-17-6-8(12)11(16)14-9-5-3-2-4-7(9)10(13)15/h2-5,8H,6,12H2,1H3,(H2,13,15)(H,14,16). The first-order valence-corrected chi connectivity index (χ1v) is 5.00. The predicted octanol–water partition coefficient (Wildman–Crippen LogP) is -0.302. The molecule has 6 nitrogen and oxygen atoms in total. The molecule has 0 saturated carbocycles. The summed E-state index contributed by atoms with van der Waals surface area (Å²) in [5.74, 6) is -1.04. The Balaban J connectivity index is 2.81. The smallest absolute Gasteiger partial charge is 0.250 e. The molecule has 1 aromatic rings. The highest BCUT2D eigenvalue weighted by Crippen LogP contribution is 2.14. The summed E-state index contributed by atoms with van der Waals surface area (Å²) in [6.45, 7) is 0.102.